The van der Waals surface area contributed by atoms with Gasteiger partial charge in [0.05, 0.1) is 12.3 Å². The van der Waals surface area contributed by atoms with E-state index in [9.17, 15) is 13.2 Å². The molecule has 0 saturated carbocycles. The molecule has 1 aliphatic rings. The van der Waals surface area contributed by atoms with Crippen molar-refractivity contribution in [1.29, 1.82) is 0 Å². The summed E-state index contributed by atoms with van der Waals surface area (Å²) in [6.07, 6.45) is 1.01. The molecule has 0 aliphatic carbocycles. The van der Waals surface area contributed by atoms with Crippen molar-refractivity contribution >= 4 is 27.5 Å². The van der Waals surface area contributed by atoms with Gasteiger partial charge in [-0.15, -0.1) is 0 Å². The van der Waals surface area contributed by atoms with E-state index in [-0.39, 0.29) is 23.0 Å². The van der Waals surface area contributed by atoms with Crippen LogP contribution >= 0.6 is 11.6 Å². The number of carbonyl (C=O) groups excluding carboxylic acids is 1. The van der Waals surface area contributed by atoms with Gasteiger partial charge in [0, 0.05) is 24.0 Å². The first-order chi connectivity index (χ1) is 15.6. The van der Waals surface area contributed by atoms with E-state index in [0.717, 1.165) is 5.75 Å². The van der Waals surface area contributed by atoms with Crippen LogP contribution in [0.5, 0.6) is 5.75 Å². The molecule has 0 aromatic heterocycles. The molecule has 33 heavy (non-hydrogen) atoms. The molecule has 1 heterocycles. The highest BCUT2D eigenvalue weighted by molar-refractivity contribution is 7.88. The highest BCUT2D eigenvalue weighted by Gasteiger charge is 2.31. The Kier molecular flexibility index (Phi) is 8.43. The van der Waals surface area contributed by atoms with Crippen molar-refractivity contribution in [1.82, 2.24) is 9.62 Å². The zero-order valence-corrected chi connectivity index (χ0v) is 21.1. The summed E-state index contributed by atoms with van der Waals surface area (Å²) in [6.45, 7) is 7.95. The van der Waals surface area contributed by atoms with Gasteiger partial charge in [-0.25, -0.2) is 12.7 Å². The number of benzene rings is 2. The number of ether oxygens (including phenoxy) is 1. The smallest absolute Gasteiger partial charge is 0.223 e. The summed E-state index contributed by atoms with van der Waals surface area (Å²) in [4.78, 5) is 12.5. The van der Waals surface area contributed by atoms with Gasteiger partial charge in [0.25, 0.3) is 0 Å². The van der Waals surface area contributed by atoms with Crippen molar-refractivity contribution < 1.29 is 17.9 Å². The Balaban J connectivity index is 1.40. The molecule has 2 aromatic rings. The Morgan fingerprint density at radius 2 is 1.73 bits per heavy atom. The highest BCUT2D eigenvalue weighted by atomic mass is 35.5. The number of amides is 1. The lowest BCUT2D eigenvalue weighted by Gasteiger charge is -2.30. The molecule has 180 valence electrons. The number of nitrogens with zero attached hydrogens (tertiary/aromatic N) is 1. The fourth-order valence-corrected chi connectivity index (χ4v) is 5.71. The van der Waals surface area contributed by atoms with E-state index in [2.05, 4.69) is 38.2 Å². The van der Waals surface area contributed by atoms with Crippen LogP contribution in [0, 0.1) is 5.92 Å². The van der Waals surface area contributed by atoms with E-state index in [0.29, 0.717) is 49.7 Å². The summed E-state index contributed by atoms with van der Waals surface area (Å²) in [5, 5.41) is 3.36. The normalized spacial score (nSPS) is 15.9. The van der Waals surface area contributed by atoms with Crippen LogP contribution in [-0.4, -0.2) is 44.9 Å². The molecule has 1 N–H and O–H groups in total. The van der Waals surface area contributed by atoms with Crippen LogP contribution in [-0.2, 0) is 26.0 Å². The monoisotopic (exact) mass is 492 g/mol. The van der Waals surface area contributed by atoms with Crippen LogP contribution in [0.15, 0.2) is 48.5 Å². The van der Waals surface area contributed by atoms with Crippen molar-refractivity contribution in [2.24, 2.45) is 5.92 Å². The number of halogens is 1. The van der Waals surface area contributed by atoms with Crippen LogP contribution in [0.4, 0.5) is 0 Å². The topological polar surface area (TPSA) is 75.7 Å². The standard InChI is InChI=1S/C25H33ClN2O4S/c1-25(2,3)21-8-10-22(11-9-21)32-17-14-27-24(29)19-12-15-28(16-13-19)33(30,31)18-20-6-4-5-7-23(20)26/h4-11,19H,12-18H2,1-3H3,(H,27,29). The SMILES string of the molecule is CC(C)(C)c1ccc(OCCNC(=O)C2CCN(S(=O)(=O)Cc3ccccc3Cl)CC2)cc1. The fraction of sp³-hybridized carbons (Fsp3) is 0.480. The number of nitrogens with one attached hydrogen (secondary N) is 1. The Morgan fingerprint density at radius 1 is 1.09 bits per heavy atom. The van der Waals surface area contributed by atoms with E-state index < -0.39 is 10.0 Å². The second-order valence-corrected chi connectivity index (χ2v) is 11.8. The predicted octanol–water partition coefficient (Wildman–Crippen LogP) is 4.37. The van der Waals surface area contributed by atoms with E-state index in [1.54, 1.807) is 24.3 Å². The Bertz CT molecular complexity index is 1040. The van der Waals surface area contributed by atoms with Gasteiger partial charge in [-0.3, -0.25) is 4.79 Å². The van der Waals surface area contributed by atoms with Crippen molar-refractivity contribution in [3.63, 3.8) is 0 Å². The number of piperidine rings is 1. The minimum atomic E-state index is -3.47. The summed E-state index contributed by atoms with van der Waals surface area (Å²) >= 11 is 6.11. The molecule has 1 fully saturated rings. The van der Waals surface area contributed by atoms with Gasteiger partial charge in [-0.05, 0) is 47.6 Å². The first kappa shape index (κ1) is 25.5. The van der Waals surface area contributed by atoms with Crippen LogP contribution in [0.25, 0.3) is 0 Å². The quantitative estimate of drug-likeness (QED) is 0.555. The number of carbonyl (C=O) groups is 1. The Labute approximate surface area is 202 Å². The predicted molar refractivity (Wildman–Crippen MR) is 132 cm³/mol. The maximum absolute atomic E-state index is 12.8. The number of rotatable bonds is 8. The van der Waals surface area contributed by atoms with E-state index in [1.165, 1.54) is 9.87 Å². The third kappa shape index (κ3) is 7.19. The molecule has 1 aliphatic heterocycles. The molecular weight excluding hydrogens is 460 g/mol. The van der Waals surface area contributed by atoms with Gasteiger partial charge in [0.15, 0.2) is 0 Å². The van der Waals surface area contributed by atoms with Gasteiger partial charge in [-0.1, -0.05) is 62.7 Å². The summed E-state index contributed by atoms with van der Waals surface area (Å²) in [5.41, 5.74) is 1.92. The average Bonchev–Trinajstić information content (AvgIpc) is 2.78. The highest BCUT2D eigenvalue weighted by Crippen LogP contribution is 2.25. The maximum Gasteiger partial charge on any atom is 0.223 e. The summed E-state index contributed by atoms with van der Waals surface area (Å²) in [7, 11) is -3.47. The van der Waals surface area contributed by atoms with Crippen molar-refractivity contribution in [3.05, 3.63) is 64.7 Å². The number of hydrogen-bond acceptors (Lipinski definition) is 4. The minimum absolute atomic E-state index is 0.0511. The lowest BCUT2D eigenvalue weighted by molar-refractivity contribution is -0.126. The lowest BCUT2D eigenvalue weighted by Crippen LogP contribution is -2.44. The van der Waals surface area contributed by atoms with Gasteiger partial charge < -0.3 is 10.1 Å². The van der Waals surface area contributed by atoms with Crippen LogP contribution in [0.1, 0.15) is 44.7 Å². The zero-order chi connectivity index (χ0) is 24.1. The third-order valence-corrected chi connectivity index (χ3v) is 8.10. The summed E-state index contributed by atoms with van der Waals surface area (Å²) in [5.74, 6) is 0.402. The molecule has 2 aromatic carbocycles. The molecule has 1 amide bonds. The first-order valence-corrected chi connectivity index (χ1v) is 13.3. The fourth-order valence-electron chi connectivity index (χ4n) is 3.84. The Hall–Kier alpha value is -2.09. The first-order valence-electron chi connectivity index (χ1n) is 11.3. The molecule has 3 rings (SSSR count). The molecule has 0 radical (unpaired) electrons. The van der Waals surface area contributed by atoms with Gasteiger partial charge in [0.2, 0.25) is 15.9 Å². The van der Waals surface area contributed by atoms with Crippen molar-refractivity contribution in [2.75, 3.05) is 26.2 Å². The van der Waals surface area contributed by atoms with E-state index in [4.69, 9.17) is 16.3 Å². The minimum Gasteiger partial charge on any atom is -0.492 e. The molecule has 0 atom stereocenters. The van der Waals surface area contributed by atoms with Crippen molar-refractivity contribution in [2.45, 2.75) is 44.8 Å². The molecule has 6 nitrogen and oxygen atoms in total. The number of hydrogen-bond donors (Lipinski definition) is 1. The summed E-state index contributed by atoms with van der Waals surface area (Å²) < 4.78 is 32.7. The van der Waals surface area contributed by atoms with Crippen LogP contribution in [0.2, 0.25) is 5.02 Å². The third-order valence-electron chi connectivity index (χ3n) is 5.90. The summed E-state index contributed by atoms with van der Waals surface area (Å²) in [6, 6.07) is 15.0. The van der Waals surface area contributed by atoms with Gasteiger partial charge in [0.1, 0.15) is 12.4 Å². The molecule has 8 heteroatoms. The van der Waals surface area contributed by atoms with E-state index in [1.807, 2.05) is 12.1 Å². The van der Waals surface area contributed by atoms with Crippen molar-refractivity contribution in [3.8, 4) is 5.75 Å². The zero-order valence-electron chi connectivity index (χ0n) is 19.5. The van der Waals surface area contributed by atoms with Gasteiger partial charge >= 0.3 is 0 Å². The molecule has 0 spiro atoms. The lowest BCUT2D eigenvalue weighted by atomic mass is 9.87. The maximum atomic E-state index is 12.8. The second-order valence-electron chi connectivity index (χ2n) is 9.43. The largest absolute Gasteiger partial charge is 0.492 e. The Morgan fingerprint density at radius 3 is 2.33 bits per heavy atom. The van der Waals surface area contributed by atoms with Gasteiger partial charge in [-0.2, -0.15) is 0 Å². The molecular formula is C25H33ClN2O4S. The van der Waals surface area contributed by atoms with E-state index >= 15 is 0 Å². The molecule has 1 saturated heterocycles. The van der Waals surface area contributed by atoms with Crippen LogP contribution in [0.3, 0.4) is 0 Å². The van der Waals surface area contributed by atoms with Crippen LogP contribution < -0.4 is 10.1 Å². The molecule has 0 bridgehead atoms. The average molecular weight is 493 g/mol. The molecule has 0 unspecified atom stereocenters. The second kappa shape index (κ2) is 10.9. The number of sulfonamides is 1.